The maximum Gasteiger partial charge on any atom is 0.349 e. The Morgan fingerprint density at radius 1 is 1.18 bits per heavy atom. The summed E-state index contributed by atoms with van der Waals surface area (Å²) in [5.41, 5.74) is 1.84. The Kier molecular flexibility index (Phi) is 5.18. The van der Waals surface area contributed by atoms with E-state index in [0.717, 1.165) is 16.9 Å². The quantitative estimate of drug-likeness (QED) is 0.367. The molecule has 0 saturated heterocycles. The van der Waals surface area contributed by atoms with E-state index in [1.807, 2.05) is 19.1 Å². The fourth-order valence-electron chi connectivity index (χ4n) is 3.96. The van der Waals surface area contributed by atoms with Crippen LogP contribution in [0.15, 0.2) is 41.2 Å². The Bertz CT molecular complexity index is 1620. The lowest BCUT2D eigenvalue weighted by Gasteiger charge is -2.09. The molecule has 5 rings (SSSR count). The molecule has 3 aromatic heterocycles. The highest BCUT2D eigenvalue weighted by Crippen LogP contribution is 2.34. The largest absolute Gasteiger partial charge is 0.453 e. The summed E-state index contributed by atoms with van der Waals surface area (Å²) in [5, 5.41) is 9.13. The van der Waals surface area contributed by atoms with Gasteiger partial charge in [0.25, 0.3) is 5.56 Å². The van der Waals surface area contributed by atoms with Gasteiger partial charge in [0.05, 0.1) is 17.5 Å². The van der Waals surface area contributed by atoms with Crippen molar-refractivity contribution >= 4 is 44.1 Å². The fourth-order valence-corrected chi connectivity index (χ4v) is 5.08. The molecule has 10 heteroatoms. The molecule has 0 amide bonds. The Morgan fingerprint density at radius 2 is 2.00 bits per heavy atom. The Balaban J connectivity index is 1.54. The molecule has 0 bridgehead atoms. The highest BCUT2D eigenvalue weighted by atomic mass is 32.1. The third-order valence-electron chi connectivity index (χ3n) is 5.51. The Morgan fingerprint density at radius 3 is 2.79 bits per heavy atom. The highest BCUT2D eigenvalue weighted by Gasteiger charge is 2.23. The summed E-state index contributed by atoms with van der Waals surface area (Å²) in [4.78, 5) is 26.0. The zero-order valence-corrected chi connectivity index (χ0v) is 18.9. The van der Waals surface area contributed by atoms with Crippen LogP contribution in [0.4, 0.5) is 4.39 Å². The van der Waals surface area contributed by atoms with Crippen LogP contribution < -0.4 is 5.56 Å². The van der Waals surface area contributed by atoms with Gasteiger partial charge in [-0.1, -0.05) is 17.7 Å². The van der Waals surface area contributed by atoms with Crippen molar-refractivity contribution in [3.8, 4) is 0 Å². The average Bonchev–Trinajstić information content (AvgIpc) is 3.39. The molecule has 0 spiro atoms. The minimum Gasteiger partial charge on any atom is -0.453 e. The van der Waals surface area contributed by atoms with E-state index in [2.05, 4.69) is 10.2 Å². The molecule has 168 valence electrons. The second-order valence-electron chi connectivity index (χ2n) is 7.67. The third kappa shape index (κ3) is 3.38. The standard InChI is InChI=1S/C23H19FN4O4S/c1-12-7-8-16-13(9-12)21(29)27(2)23-26-25-18(28(16)23)11-32-22(30)20-14(10-31-3)19-15(24)5-4-6-17(19)33-20/h4-9H,10-11H2,1-3H3. The number of carbonyl (C=O) groups excluding carboxylic acids is 1. The molecule has 0 atom stereocenters. The van der Waals surface area contributed by atoms with E-state index >= 15 is 0 Å². The first-order valence-electron chi connectivity index (χ1n) is 10.1. The first-order valence-corrected chi connectivity index (χ1v) is 10.9. The number of fused-ring (bicyclic) bond motifs is 4. The van der Waals surface area contributed by atoms with Crippen LogP contribution in [-0.4, -0.2) is 32.2 Å². The molecule has 0 aliphatic rings. The van der Waals surface area contributed by atoms with Gasteiger partial charge in [-0.15, -0.1) is 21.5 Å². The van der Waals surface area contributed by atoms with E-state index in [1.165, 1.54) is 17.7 Å². The second kappa shape index (κ2) is 8.05. The normalized spacial score (nSPS) is 11.6. The number of ether oxygens (including phenoxy) is 2. The van der Waals surface area contributed by atoms with Crippen molar-refractivity contribution in [2.24, 2.45) is 7.05 Å². The smallest absolute Gasteiger partial charge is 0.349 e. The third-order valence-corrected chi connectivity index (χ3v) is 6.69. The predicted octanol–water partition coefficient (Wildman–Crippen LogP) is 3.75. The minimum absolute atomic E-state index is 0.0747. The van der Waals surface area contributed by atoms with Gasteiger partial charge in [-0.2, -0.15) is 0 Å². The van der Waals surface area contributed by atoms with Crippen LogP contribution >= 0.6 is 11.3 Å². The first-order chi connectivity index (χ1) is 15.9. The van der Waals surface area contributed by atoms with Crippen molar-refractivity contribution in [2.45, 2.75) is 20.1 Å². The molecule has 0 radical (unpaired) electrons. The van der Waals surface area contributed by atoms with Crippen LogP contribution in [0, 0.1) is 12.7 Å². The number of hydrogen-bond acceptors (Lipinski definition) is 7. The number of methoxy groups -OCH3 is 1. The van der Waals surface area contributed by atoms with Gasteiger partial charge in [0.1, 0.15) is 10.7 Å². The lowest BCUT2D eigenvalue weighted by atomic mass is 10.1. The van der Waals surface area contributed by atoms with Gasteiger partial charge in [-0.25, -0.2) is 9.18 Å². The lowest BCUT2D eigenvalue weighted by molar-refractivity contribution is 0.0463. The number of aromatic nitrogens is 4. The molecule has 2 aromatic carbocycles. The summed E-state index contributed by atoms with van der Waals surface area (Å²) in [7, 11) is 3.10. The summed E-state index contributed by atoms with van der Waals surface area (Å²) in [6.07, 6.45) is 0. The van der Waals surface area contributed by atoms with Crippen molar-refractivity contribution in [3.63, 3.8) is 0 Å². The van der Waals surface area contributed by atoms with Crippen molar-refractivity contribution in [1.29, 1.82) is 0 Å². The lowest BCUT2D eigenvalue weighted by Crippen LogP contribution is -2.20. The number of nitrogens with zero attached hydrogens (tertiary/aromatic N) is 4. The number of thiophene rings is 1. The van der Waals surface area contributed by atoms with Crippen LogP contribution in [0.25, 0.3) is 26.8 Å². The molecule has 5 aromatic rings. The molecule has 3 heterocycles. The first kappa shape index (κ1) is 21.2. The molecule has 0 aliphatic heterocycles. The van der Waals surface area contributed by atoms with E-state index in [-0.39, 0.29) is 23.7 Å². The summed E-state index contributed by atoms with van der Waals surface area (Å²) >= 11 is 1.15. The maximum absolute atomic E-state index is 14.4. The monoisotopic (exact) mass is 466 g/mol. The second-order valence-corrected chi connectivity index (χ2v) is 8.72. The number of hydrogen-bond donors (Lipinski definition) is 0. The predicted molar refractivity (Wildman–Crippen MR) is 122 cm³/mol. The molecule has 0 N–H and O–H groups in total. The number of carbonyl (C=O) groups is 1. The van der Waals surface area contributed by atoms with E-state index in [4.69, 9.17) is 9.47 Å². The topological polar surface area (TPSA) is 87.7 Å². The van der Waals surface area contributed by atoms with Crippen molar-refractivity contribution < 1.29 is 18.7 Å². The molecular formula is C23H19FN4O4S. The van der Waals surface area contributed by atoms with Crippen molar-refractivity contribution in [3.05, 3.63) is 74.4 Å². The van der Waals surface area contributed by atoms with Gasteiger partial charge in [0.2, 0.25) is 5.78 Å². The number of rotatable bonds is 5. The van der Waals surface area contributed by atoms with Crippen LogP contribution in [0.1, 0.15) is 26.6 Å². The molecule has 0 aliphatic carbocycles. The van der Waals surface area contributed by atoms with Crippen LogP contribution in [-0.2, 0) is 29.7 Å². The van der Waals surface area contributed by atoms with Gasteiger partial charge < -0.3 is 9.47 Å². The molecule has 0 unspecified atom stereocenters. The van der Waals surface area contributed by atoms with Crippen LogP contribution in [0.2, 0.25) is 0 Å². The van der Waals surface area contributed by atoms with Crippen molar-refractivity contribution in [2.75, 3.05) is 7.11 Å². The minimum atomic E-state index is -0.607. The molecular weight excluding hydrogens is 447 g/mol. The average molecular weight is 466 g/mol. The van der Waals surface area contributed by atoms with Gasteiger partial charge in [0, 0.05) is 29.8 Å². The zero-order valence-electron chi connectivity index (χ0n) is 18.1. The molecule has 0 fully saturated rings. The Labute approximate surface area is 190 Å². The van der Waals surface area contributed by atoms with E-state index in [1.54, 1.807) is 29.6 Å². The van der Waals surface area contributed by atoms with Crippen LogP contribution in [0.5, 0.6) is 0 Å². The van der Waals surface area contributed by atoms with E-state index < -0.39 is 11.8 Å². The van der Waals surface area contributed by atoms with Gasteiger partial charge in [-0.3, -0.25) is 13.8 Å². The maximum atomic E-state index is 14.4. The van der Waals surface area contributed by atoms with Crippen LogP contribution in [0.3, 0.4) is 0 Å². The number of benzene rings is 2. The molecule has 33 heavy (non-hydrogen) atoms. The summed E-state index contributed by atoms with van der Waals surface area (Å²) < 4.78 is 28.9. The number of aryl methyl sites for hydroxylation is 2. The zero-order chi connectivity index (χ0) is 23.3. The summed E-state index contributed by atoms with van der Waals surface area (Å²) in [6.45, 7) is 1.80. The fraction of sp³-hybridized carbons (Fsp3) is 0.217. The molecule has 0 saturated carbocycles. The van der Waals surface area contributed by atoms with E-state index in [0.29, 0.717) is 38.2 Å². The summed E-state index contributed by atoms with van der Waals surface area (Å²) in [6, 6.07) is 10.2. The van der Waals surface area contributed by atoms with Gasteiger partial charge in [0.15, 0.2) is 12.4 Å². The Hall–Kier alpha value is -3.63. The van der Waals surface area contributed by atoms with Gasteiger partial charge >= 0.3 is 5.97 Å². The number of halogens is 1. The highest BCUT2D eigenvalue weighted by molar-refractivity contribution is 7.21. The summed E-state index contributed by atoms with van der Waals surface area (Å²) in [5.74, 6) is -0.319. The SMILES string of the molecule is COCc1c(C(=O)OCc2nnc3n(C)c(=O)c4cc(C)ccc4n23)sc2cccc(F)c12. The molecule has 8 nitrogen and oxygen atoms in total. The van der Waals surface area contributed by atoms with Crippen molar-refractivity contribution in [1.82, 2.24) is 19.2 Å². The van der Waals surface area contributed by atoms with E-state index in [9.17, 15) is 14.0 Å². The van der Waals surface area contributed by atoms with Gasteiger partial charge in [-0.05, 0) is 31.2 Å². The number of esters is 1.